The van der Waals surface area contributed by atoms with Crippen molar-refractivity contribution in [3.8, 4) is 11.5 Å². The SMILES string of the molecule is COc1cc(OC)c(C2=NO[C@H](C(=O)O)C2)cc1Cl. The molecule has 0 saturated carbocycles. The Morgan fingerprint density at radius 2 is 2.11 bits per heavy atom. The highest BCUT2D eigenvalue weighted by molar-refractivity contribution is 6.32. The van der Waals surface area contributed by atoms with Crippen molar-refractivity contribution in [1.82, 2.24) is 0 Å². The van der Waals surface area contributed by atoms with E-state index in [1.54, 1.807) is 12.1 Å². The lowest BCUT2D eigenvalue weighted by molar-refractivity contribution is -0.148. The highest BCUT2D eigenvalue weighted by Gasteiger charge is 2.30. The molecule has 0 saturated heterocycles. The van der Waals surface area contributed by atoms with E-state index in [1.165, 1.54) is 14.2 Å². The van der Waals surface area contributed by atoms with Crippen molar-refractivity contribution in [1.29, 1.82) is 0 Å². The van der Waals surface area contributed by atoms with Crippen LogP contribution in [0.25, 0.3) is 0 Å². The number of carboxylic acids is 1. The Kier molecular flexibility index (Phi) is 3.80. The molecule has 0 spiro atoms. The lowest BCUT2D eigenvalue weighted by Crippen LogP contribution is -2.20. The molecule has 0 aliphatic carbocycles. The van der Waals surface area contributed by atoms with Crippen molar-refractivity contribution in [2.24, 2.45) is 5.16 Å². The Morgan fingerprint density at radius 1 is 1.42 bits per heavy atom. The van der Waals surface area contributed by atoms with Gasteiger partial charge in [0.15, 0.2) is 0 Å². The summed E-state index contributed by atoms with van der Waals surface area (Å²) in [4.78, 5) is 15.7. The molecule has 1 aliphatic rings. The Balaban J connectivity index is 2.35. The summed E-state index contributed by atoms with van der Waals surface area (Å²) in [6.07, 6.45) is -0.811. The fraction of sp³-hybridized carbons (Fsp3) is 0.333. The molecule has 0 radical (unpaired) electrons. The van der Waals surface area contributed by atoms with Crippen LogP contribution < -0.4 is 9.47 Å². The van der Waals surface area contributed by atoms with Crippen LogP contribution in [0.1, 0.15) is 12.0 Å². The number of hydrogen-bond donors (Lipinski definition) is 1. The standard InChI is InChI=1S/C12H12ClNO5/c1-17-9-5-10(18-2)7(13)3-6(9)8-4-11(12(15)16)19-14-8/h3,5,11H,4H2,1-2H3,(H,15,16)/t11-/m0/s1. The predicted molar refractivity (Wildman–Crippen MR) is 68.2 cm³/mol. The zero-order chi connectivity index (χ0) is 14.0. The quantitative estimate of drug-likeness (QED) is 0.915. The van der Waals surface area contributed by atoms with Crippen molar-refractivity contribution >= 4 is 23.3 Å². The van der Waals surface area contributed by atoms with E-state index in [0.717, 1.165) is 0 Å². The van der Waals surface area contributed by atoms with Crippen molar-refractivity contribution in [2.75, 3.05) is 14.2 Å². The van der Waals surface area contributed by atoms with Gasteiger partial charge in [0, 0.05) is 18.1 Å². The van der Waals surface area contributed by atoms with Crippen LogP contribution in [0.3, 0.4) is 0 Å². The molecule has 0 bridgehead atoms. The molecule has 19 heavy (non-hydrogen) atoms. The molecular weight excluding hydrogens is 274 g/mol. The average Bonchev–Trinajstić information content (AvgIpc) is 2.88. The maximum Gasteiger partial charge on any atom is 0.348 e. The van der Waals surface area contributed by atoms with E-state index < -0.39 is 12.1 Å². The number of halogens is 1. The summed E-state index contributed by atoms with van der Waals surface area (Å²) < 4.78 is 10.3. The van der Waals surface area contributed by atoms with Crippen molar-refractivity contribution in [3.05, 3.63) is 22.7 Å². The molecule has 7 heteroatoms. The molecule has 0 unspecified atom stereocenters. The second kappa shape index (κ2) is 5.36. The molecule has 1 aliphatic heterocycles. The van der Waals surface area contributed by atoms with E-state index in [1.807, 2.05) is 0 Å². The minimum atomic E-state index is -1.06. The average molecular weight is 286 g/mol. The highest BCUT2D eigenvalue weighted by Crippen LogP contribution is 2.34. The van der Waals surface area contributed by atoms with Gasteiger partial charge in [0.25, 0.3) is 0 Å². The third kappa shape index (κ3) is 2.58. The van der Waals surface area contributed by atoms with Gasteiger partial charge in [0.1, 0.15) is 11.5 Å². The van der Waals surface area contributed by atoms with E-state index in [4.69, 9.17) is 31.0 Å². The zero-order valence-corrected chi connectivity index (χ0v) is 11.1. The van der Waals surface area contributed by atoms with E-state index in [-0.39, 0.29) is 6.42 Å². The summed E-state index contributed by atoms with van der Waals surface area (Å²) in [6, 6.07) is 3.24. The number of nitrogens with zero attached hydrogens (tertiary/aromatic N) is 1. The minimum Gasteiger partial charge on any atom is -0.496 e. The van der Waals surface area contributed by atoms with Gasteiger partial charge >= 0.3 is 5.97 Å². The molecular formula is C12H12ClNO5. The number of carboxylic acid groups (broad SMARTS) is 1. The Hall–Kier alpha value is -1.95. The molecule has 1 N–H and O–H groups in total. The first-order valence-electron chi connectivity index (χ1n) is 5.44. The van der Waals surface area contributed by atoms with E-state index in [2.05, 4.69) is 5.16 Å². The maximum atomic E-state index is 10.8. The summed E-state index contributed by atoms with van der Waals surface area (Å²) >= 11 is 6.04. The van der Waals surface area contributed by atoms with Crippen LogP contribution in [0, 0.1) is 0 Å². The number of oxime groups is 1. The Morgan fingerprint density at radius 3 is 2.63 bits per heavy atom. The maximum absolute atomic E-state index is 10.8. The van der Waals surface area contributed by atoms with Gasteiger partial charge in [-0.25, -0.2) is 4.79 Å². The summed E-state index contributed by atoms with van der Waals surface area (Å²) in [5.41, 5.74) is 1.07. The van der Waals surface area contributed by atoms with E-state index in [0.29, 0.717) is 27.8 Å². The number of ether oxygens (including phenoxy) is 2. The summed E-state index contributed by atoms with van der Waals surface area (Å²) in [7, 11) is 2.99. The third-order valence-corrected chi connectivity index (χ3v) is 3.02. The number of carbonyl (C=O) groups is 1. The number of hydrogen-bond acceptors (Lipinski definition) is 5. The lowest BCUT2D eigenvalue weighted by atomic mass is 10.0. The number of methoxy groups -OCH3 is 2. The van der Waals surface area contributed by atoms with Crippen LogP contribution in [0.5, 0.6) is 11.5 Å². The molecule has 1 aromatic carbocycles. The lowest BCUT2D eigenvalue weighted by Gasteiger charge is -2.11. The number of benzene rings is 1. The second-order valence-corrected chi connectivity index (χ2v) is 4.27. The first-order valence-corrected chi connectivity index (χ1v) is 5.82. The Labute approximate surface area is 114 Å². The molecule has 0 amide bonds. The normalized spacial score (nSPS) is 17.6. The van der Waals surface area contributed by atoms with Gasteiger partial charge in [0.2, 0.25) is 6.10 Å². The van der Waals surface area contributed by atoms with Crippen LogP contribution in [0.15, 0.2) is 17.3 Å². The third-order valence-electron chi connectivity index (χ3n) is 2.73. The number of rotatable bonds is 4. The van der Waals surface area contributed by atoms with Gasteiger partial charge in [-0.05, 0) is 6.07 Å². The van der Waals surface area contributed by atoms with Crippen LogP contribution in [0.4, 0.5) is 0 Å². The van der Waals surface area contributed by atoms with Gasteiger partial charge in [-0.15, -0.1) is 0 Å². The summed E-state index contributed by atoms with van der Waals surface area (Å²) in [5.74, 6) is -0.0940. The molecule has 0 fully saturated rings. The van der Waals surface area contributed by atoms with Crippen molar-refractivity contribution in [3.63, 3.8) is 0 Å². The Bertz CT molecular complexity index is 543. The van der Waals surface area contributed by atoms with Crippen LogP contribution in [0.2, 0.25) is 5.02 Å². The van der Waals surface area contributed by atoms with Gasteiger partial charge in [-0.3, -0.25) is 0 Å². The molecule has 1 aromatic rings. The summed E-state index contributed by atoms with van der Waals surface area (Å²) in [6.45, 7) is 0. The van der Waals surface area contributed by atoms with Crippen molar-refractivity contribution in [2.45, 2.75) is 12.5 Å². The van der Waals surface area contributed by atoms with E-state index >= 15 is 0 Å². The second-order valence-electron chi connectivity index (χ2n) is 3.86. The van der Waals surface area contributed by atoms with Gasteiger partial charge < -0.3 is 19.4 Å². The van der Waals surface area contributed by atoms with Crippen LogP contribution >= 0.6 is 11.6 Å². The topological polar surface area (TPSA) is 77.3 Å². The fourth-order valence-corrected chi connectivity index (χ4v) is 2.00. The van der Waals surface area contributed by atoms with Gasteiger partial charge in [-0.1, -0.05) is 16.8 Å². The predicted octanol–water partition coefficient (Wildman–Crippen LogP) is 1.93. The monoisotopic (exact) mass is 285 g/mol. The zero-order valence-electron chi connectivity index (χ0n) is 10.3. The van der Waals surface area contributed by atoms with E-state index in [9.17, 15) is 4.79 Å². The van der Waals surface area contributed by atoms with Crippen LogP contribution in [-0.2, 0) is 9.63 Å². The highest BCUT2D eigenvalue weighted by atomic mass is 35.5. The smallest absolute Gasteiger partial charge is 0.348 e. The van der Waals surface area contributed by atoms with Crippen LogP contribution in [-0.4, -0.2) is 37.1 Å². The van der Waals surface area contributed by atoms with Gasteiger partial charge in [-0.2, -0.15) is 0 Å². The fourth-order valence-electron chi connectivity index (χ4n) is 1.75. The minimum absolute atomic E-state index is 0.161. The van der Waals surface area contributed by atoms with Crippen molar-refractivity contribution < 1.29 is 24.2 Å². The molecule has 2 rings (SSSR count). The molecule has 1 heterocycles. The number of aliphatic carboxylic acids is 1. The molecule has 102 valence electrons. The first-order chi connectivity index (χ1) is 9.06. The molecule has 6 nitrogen and oxygen atoms in total. The first kappa shape index (κ1) is 13.5. The summed E-state index contributed by atoms with van der Waals surface area (Å²) in [5, 5.41) is 13.0. The largest absolute Gasteiger partial charge is 0.496 e. The molecule has 0 aromatic heterocycles. The van der Waals surface area contributed by atoms with Gasteiger partial charge in [0.05, 0.1) is 25.0 Å². The molecule has 1 atom stereocenters.